The van der Waals surface area contributed by atoms with Crippen molar-refractivity contribution >= 4 is 5.69 Å². The molecule has 4 aliphatic carbocycles. The SMILES string of the molecule is CC1=CC(CN(C)C)CC=C1CCC[C@H]1CCC2C3C(CCC21C)c1ccc(N)cc1C[C@H]3C. The maximum Gasteiger partial charge on any atom is 0.0316 e. The summed E-state index contributed by atoms with van der Waals surface area (Å²) in [5, 5.41) is 0. The van der Waals surface area contributed by atoms with E-state index in [1.54, 1.807) is 22.3 Å². The van der Waals surface area contributed by atoms with Gasteiger partial charge in [-0.05, 0) is 149 Å². The van der Waals surface area contributed by atoms with Gasteiger partial charge in [-0.15, -0.1) is 0 Å². The second-order valence-corrected chi connectivity index (χ2v) is 13.0. The molecule has 2 heteroatoms. The van der Waals surface area contributed by atoms with Crippen molar-refractivity contribution in [2.24, 2.45) is 35.0 Å². The number of hydrogen-bond acceptors (Lipinski definition) is 2. The van der Waals surface area contributed by atoms with Crippen LogP contribution in [0.15, 0.2) is 41.5 Å². The topological polar surface area (TPSA) is 29.3 Å². The summed E-state index contributed by atoms with van der Waals surface area (Å²) in [4.78, 5) is 2.32. The lowest BCUT2D eigenvalue weighted by Crippen LogP contribution is -2.45. The van der Waals surface area contributed by atoms with Gasteiger partial charge in [0.25, 0.3) is 0 Å². The van der Waals surface area contributed by atoms with E-state index < -0.39 is 0 Å². The lowest BCUT2D eigenvalue weighted by molar-refractivity contribution is 0.00340. The summed E-state index contributed by atoms with van der Waals surface area (Å²) in [7, 11) is 4.38. The van der Waals surface area contributed by atoms with Crippen LogP contribution in [0.2, 0.25) is 0 Å². The van der Waals surface area contributed by atoms with Gasteiger partial charge in [-0.25, -0.2) is 0 Å². The molecule has 2 nitrogen and oxygen atoms in total. The number of fused-ring (bicyclic) bond motifs is 5. The largest absolute Gasteiger partial charge is 0.399 e. The molecule has 186 valence electrons. The Bertz CT molecular complexity index is 956. The third kappa shape index (κ3) is 4.41. The molecule has 0 bridgehead atoms. The Morgan fingerprint density at radius 1 is 1.15 bits per heavy atom. The third-order valence-electron chi connectivity index (χ3n) is 10.6. The Morgan fingerprint density at radius 3 is 2.74 bits per heavy atom. The van der Waals surface area contributed by atoms with Crippen LogP contribution in [-0.2, 0) is 6.42 Å². The van der Waals surface area contributed by atoms with E-state index in [-0.39, 0.29) is 0 Å². The van der Waals surface area contributed by atoms with Crippen molar-refractivity contribution in [3.63, 3.8) is 0 Å². The lowest BCUT2D eigenvalue weighted by atomic mass is 9.51. The highest BCUT2D eigenvalue weighted by Gasteiger charge is 2.55. The van der Waals surface area contributed by atoms with Crippen molar-refractivity contribution in [3.8, 4) is 0 Å². The number of benzene rings is 1. The number of rotatable bonds is 6. The van der Waals surface area contributed by atoms with Crippen LogP contribution in [0.3, 0.4) is 0 Å². The Labute approximate surface area is 209 Å². The number of nitrogens with zero attached hydrogens (tertiary/aromatic N) is 1. The first-order valence-corrected chi connectivity index (χ1v) is 14.2. The summed E-state index contributed by atoms with van der Waals surface area (Å²) in [6.07, 6.45) is 17.4. The Hall–Kier alpha value is -1.54. The molecule has 1 aromatic carbocycles. The fourth-order valence-corrected chi connectivity index (χ4v) is 9.00. The third-order valence-corrected chi connectivity index (χ3v) is 10.6. The van der Waals surface area contributed by atoms with Gasteiger partial charge in [0.15, 0.2) is 0 Å². The van der Waals surface area contributed by atoms with Gasteiger partial charge in [0, 0.05) is 12.2 Å². The summed E-state index contributed by atoms with van der Waals surface area (Å²) >= 11 is 0. The molecule has 0 heterocycles. The van der Waals surface area contributed by atoms with Gasteiger partial charge >= 0.3 is 0 Å². The van der Waals surface area contributed by atoms with E-state index in [1.807, 2.05) is 0 Å². The number of nitrogen functional groups attached to an aromatic ring is 1. The van der Waals surface area contributed by atoms with Gasteiger partial charge in [0.1, 0.15) is 0 Å². The molecule has 1 aromatic rings. The number of anilines is 1. The Morgan fingerprint density at radius 2 is 1.97 bits per heavy atom. The zero-order chi connectivity index (χ0) is 24.0. The minimum Gasteiger partial charge on any atom is -0.399 e. The van der Waals surface area contributed by atoms with Crippen molar-refractivity contribution in [2.45, 2.75) is 84.5 Å². The molecule has 2 N–H and O–H groups in total. The number of allylic oxidation sites excluding steroid dienone is 3. The molecule has 7 atom stereocenters. The molecule has 0 aliphatic heterocycles. The van der Waals surface area contributed by atoms with E-state index in [0.717, 1.165) is 35.3 Å². The smallest absolute Gasteiger partial charge is 0.0316 e. The zero-order valence-corrected chi connectivity index (χ0v) is 22.4. The Balaban J connectivity index is 1.22. The van der Waals surface area contributed by atoms with E-state index in [0.29, 0.717) is 11.3 Å². The lowest BCUT2D eigenvalue weighted by Gasteiger charge is -2.53. The minimum absolute atomic E-state index is 0.559. The van der Waals surface area contributed by atoms with Gasteiger partial charge in [-0.1, -0.05) is 37.6 Å². The summed E-state index contributed by atoms with van der Waals surface area (Å²) in [6.45, 7) is 8.74. The fourth-order valence-electron chi connectivity index (χ4n) is 9.00. The van der Waals surface area contributed by atoms with Crippen LogP contribution in [0.4, 0.5) is 5.69 Å². The average molecular weight is 461 g/mol. The second kappa shape index (κ2) is 9.49. The van der Waals surface area contributed by atoms with Crippen LogP contribution in [0, 0.1) is 35.0 Å². The van der Waals surface area contributed by atoms with Crippen LogP contribution in [0.25, 0.3) is 0 Å². The van der Waals surface area contributed by atoms with E-state index in [9.17, 15) is 0 Å². The highest BCUT2D eigenvalue weighted by atomic mass is 15.1. The molecule has 5 unspecified atom stereocenters. The van der Waals surface area contributed by atoms with Gasteiger partial charge in [0.2, 0.25) is 0 Å². The van der Waals surface area contributed by atoms with Crippen molar-refractivity contribution < 1.29 is 0 Å². The molecule has 4 aliphatic rings. The highest BCUT2D eigenvalue weighted by molar-refractivity contribution is 5.48. The van der Waals surface area contributed by atoms with Gasteiger partial charge in [-0.2, -0.15) is 0 Å². The first-order chi connectivity index (χ1) is 16.3. The molecule has 0 radical (unpaired) electrons. The van der Waals surface area contributed by atoms with Crippen molar-refractivity contribution in [1.82, 2.24) is 4.90 Å². The molecule has 0 spiro atoms. The van der Waals surface area contributed by atoms with Crippen LogP contribution >= 0.6 is 0 Å². The van der Waals surface area contributed by atoms with Crippen molar-refractivity contribution in [1.29, 1.82) is 0 Å². The molecule has 0 saturated heterocycles. The van der Waals surface area contributed by atoms with E-state index >= 15 is 0 Å². The molecule has 34 heavy (non-hydrogen) atoms. The van der Waals surface area contributed by atoms with E-state index in [1.165, 1.54) is 64.3 Å². The minimum atomic E-state index is 0.559. The first kappa shape index (κ1) is 24.2. The summed E-state index contributed by atoms with van der Waals surface area (Å²) in [5.74, 6) is 4.97. The Kier molecular flexibility index (Phi) is 6.75. The first-order valence-electron chi connectivity index (χ1n) is 14.2. The second-order valence-electron chi connectivity index (χ2n) is 13.0. The van der Waals surface area contributed by atoms with Crippen LogP contribution < -0.4 is 5.73 Å². The van der Waals surface area contributed by atoms with Crippen LogP contribution in [0.1, 0.15) is 89.2 Å². The molecule has 0 amide bonds. The van der Waals surface area contributed by atoms with E-state index in [2.05, 4.69) is 70.1 Å². The molecule has 2 saturated carbocycles. The summed E-state index contributed by atoms with van der Waals surface area (Å²) < 4.78 is 0. The monoisotopic (exact) mass is 460 g/mol. The van der Waals surface area contributed by atoms with Gasteiger partial charge < -0.3 is 10.6 Å². The van der Waals surface area contributed by atoms with Crippen molar-refractivity contribution in [3.05, 3.63) is 52.6 Å². The summed E-state index contributed by atoms with van der Waals surface area (Å²) in [5.41, 5.74) is 14.0. The number of hydrogen-bond donors (Lipinski definition) is 1. The van der Waals surface area contributed by atoms with Crippen LogP contribution in [-0.4, -0.2) is 25.5 Å². The highest BCUT2D eigenvalue weighted by Crippen LogP contribution is 2.64. The molecular formula is C32H48N2. The predicted octanol–water partition coefficient (Wildman–Crippen LogP) is 7.61. The quantitative estimate of drug-likeness (QED) is 0.443. The molecule has 2 fully saturated rings. The van der Waals surface area contributed by atoms with Gasteiger partial charge in [-0.3, -0.25) is 0 Å². The molecule has 5 rings (SSSR count). The predicted molar refractivity (Wildman–Crippen MR) is 146 cm³/mol. The maximum absolute atomic E-state index is 6.15. The maximum atomic E-state index is 6.15. The fraction of sp³-hybridized carbons (Fsp3) is 0.688. The summed E-state index contributed by atoms with van der Waals surface area (Å²) in [6, 6.07) is 6.79. The van der Waals surface area contributed by atoms with E-state index in [4.69, 9.17) is 5.73 Å². The number of nitrogens with two attached hydrogens (primary N) is 1. The molecule has 0 aromatic heterocycles. The van der Waals surface area contributed by atoms with Crippen LogP contribution in [0.5, 0.6) is 0 Å². The zero-order valence-electron chi connectivity index (χ0n) is 22.4. The standard InChI is InChI=1S/C32H48N2/c1-21-17-23(20-34(4)5)9-10-24(21)7-6-8-26-11-14-30-31-22(2)18-25-19-27(33)12-13-28(25)29(31)15-16-32(26,30)3/h10,12-13,17,19,22-23,26,29-31H,6-9,11,14-16,18,20,33H2,1-5H3/t22-,23?,26+,29?,30?,31?,32?/m1/s1. The van der Waals surface area contributed by atoms with Crippen molar-refractivity contribution in [2.75, 3.05) is 26.4 Å². The normalized spacial score (nSPS) is 37.0. The average Bonchev–Trinajstić information content (AvgIpc) is 3.10. The van der Waals surface area contributed by atoms with Gasteiger partial charge in [0.05, 0.1) is 0 Å². The molecular weight excluding hydrogens is 412 g/mol.